The molecule has 0 amide bonds. The number of sulfonamides is 1. The van der Waals surface area contributed by atoms with Crippen LogP contribution >= 0.6 is 0 Å². The van der Waals surface area contributed by atoms with Gasteiger partial charge in [0.2, 0.25) is 10.0 Å². The molecule has 0 radical (unpaired) electrons. The Morgan fingerprint density at radius 1 is 1.29 bits per heavy atom. The van der Waals surface area contributed by atoms with Crippen LogP contribution in [0.3, 0.4) is 0 Å². The number of benzene rings is 1. The van der Waals surface area contributed by atoms with Crippen LogP contribution < -0.4 is 4.72 Å². The van der Waals surface area contributed by atoms with Crippen LogP contribution in [0, 0.1) is 0 Å². The standard InChI is InChI=1S/C12H17NO3S/c14-9-11(8-10-4-2-1-3-5-10)13-17(15,16)12-6-7-12/h1-5,11-14H,6-9H2. The third kappa shape index (κ3) is 3.52. The lowest BCUT2D eigenvalue weighted by atomic mass is 10.1. The molecule has 0 saturated heterocycles. The van der Waals surface area contributed by atoms with Gasteiger partial charge in [-0.3, -0.25) is 0 Å². The molecular weight excluding hydrogens is 238 g/mol. The van der Waals surface area contributed by atoms with Crippen molar-refractivity contribution >= 4 is 10.0 Å². The summed E-state index contributed by atoms with van der Waals surface area (Å²) in [7, 11) is -3.23. The van der Waals surface area contributed by atoms with Gasteiger partial charge in [0.05, 0.1) is 11.9 Å². The quantitative estimate of drug-likeness (QED) is 0.785. The molecule has 1 aliphatic rings. The summed E-state index contributed by atoms with van der Waals surface area (Å²) >= 11 is 0. The van der Waals surface area contributed by atoms with Gasteiger partial charge in [0.25, 0.3) is 0 Å². The first kappa shape index (κ1) is 12.5. The van der Waals surface area contributed by atoms with Gasteiger partial charge in [-0.1, -0.05) is 30.3 Å². The number of aliphatic hydroxyl groups is 1. The molecule has 0 bridgehead atoms. The Morgan fingerprint density at radius 2 is 1.94 bits per heavy atom. The third-order valence-corrected chi connectivity index (χ3v) is 4.85. The van der Waals surface area contributed by atoms with Gasteiger partial charge in [-0.05, 0) is 24.8 Å². The Kier molecular flexibility index (Phi) is 3.81. The van der Waals surface area contributed by atoms with Gasteiger partial charge in [0, 0.05) is 6.04 Å². The highest BCUT2D eigenvalue weighted by molar-refractivity contribution is 7.90. The molecule has 1 aromatic rings. The van der Waals surface area contributed by atoms with Crippen LogP contribution in [-0.2, 0) is 16.4 Å². The second-order valence-corrected chi connectivity index (χ2v) is 6.42. The molecule has 1 atom stereocenters. The van der Waals surface area contributed by atoms with Crippen molar-refractivity contribution in [1.82, 2.24) is 4.72 Å². The molecule has 1 aliphatic carbocycles. The lowest BCUT2D eigenvalue weighted by Crippen LogP contribution is -2.40. The van der Waals surface area contributed by atoms with Crippen molar-refractivity contribution in [1.29, 1.82) is 0 Å². The van der Waals surface area contributed by atoms with Gasteiger partial charge in [0.1, 0.15) is 0 Å². The molecule has 1 fully saturated rings. The zero-order valence-corrected chi connectivity index (χ0v) is 10.4. The van der Waals surface area contributed by atoms with Crippen molar-refractivity contribution in [2.75, 3.05) is 6.61 Å². The number of hydrogen-bond donors (Lipinski definition) is 2. The second-order valence-electron chi connectivity index (χ2n) is 4.43. The van der Waals surface area contributed by atoms with Crippen molar-refractivity contribution < 1.29 is 13.5 Å². The predicted octanol–water partition coefficient (Wildman–Crippen LogP) is 0.672. The smallest absolute Gasteiger partial charge is 0.214 e. The summed E-state index contributed by atoms with van der Waals surface area (Å²) in [5, 5.41) is 8.98. The fourth-order valence-electron chi connectivity index (χ4n) is 1.75. The van der Waals surface area contributed by atoms with Crippen LogP contribution in [0.4, 0.5) is 0 Å². The first-order valence-corrected chi connectivity index (χ1v) is 7.32. The molecule has 1 unspecified atom stereocenters. The summed E-state index contributed by atoms with van der Waals surface area (Å²) in [4.78, 5) is 0. The van der Waals surface area contributed by atoms with E-state index < -0.39 is 16.1 Å². The zero-order valence-electron chi connectivity index (χ0n) is 9.54. The van der Waals surface area contributed by atoms with Crippen molar-refractivity contribution in [3.05, 3.63) is 35.9 Å². The summed E-state index contributed by atoms with van der Waals surface area (Å²) < 4.78 is 26.0. The Hall–Kier alpha value is -0.910. The van der Waals surface area contributed by atoms with E-state index in [1.54, 1.807) is 0 Å². The molecule has 0 spiro atoms. The van der Waals surface area contributed by atoms with Gasteiger partial charge in [-0.25, -0.2) is 13.1 Å². The monoisotopic (exact) mass is 255 g/mol. The van der Waals surface area contributed by atoms with E-state index in [2.05, 4.69) is 4.72 Å². The molecule has 17 heavy (non-hydrogen) atoms. The molecule has 4 nitrogen and oxygen atoms in total. The van der Waals surface area contributed by atoms with Crippen molar-refractivity contribution in [2.24, 2.45) is 0 Å². The highest BCUT2D eigenvalue weighted by Gasteiger charge is 2.36. The first-order chi connectivity index (χ1) is 8.12. The fraction of sp³-hybridized carbons (Fsp3) is 0.500. The molecule has 5 heteroatoms. The van der Waals surface area contributed by atoms with Crippen molar-refractivity contribution in [2.45, 2.75) is 30.6 Å². The molecule has 94 valence electrons. The van der Waals surface area contributed by atoms with Crippen LogP contribution in [0.2, 0.25) is 0 Å². The average molecular weight is 255 g/mol. The molecule has 1 aromatic carbocycles. The molecule has 0 aromatic heterocycles. The first-order valence-electron chi connectivity index (χ1n) is 5.78. The van der Waals surface area contributed by atoms with E-state index in [9.17, 15) is 13.5 Å². The normalized spacial score (nSPS) is 17.9. The number of rotatable bonds is 6. The topological polar surface area (TPSA) is 66.4 Å². The van der Waals surface area contributed by atoms with E-state index in [1.807, 2.05) is 30.3 Å². The summed E-state index contributed by atoms with van der Waals surface area (Å²) in [6.45, 7) is -0.180. The maximum Gasteiger partial charge on any atom is 0.214 e. The fourth-order valence-corrected chi connectivity index (χ4v) is 3.32. The van der Waals surface area contributed by atoms with Crippen molar-refractivity contribution in [3.63, 3.8) is 0 Å². The lowest BCUT2D eigenvalue weighted by Gasteiger charge is -2.16. The Bertz CT molecular complexity index is 454. The predicted molar refractivity (Wildman–Crippen MR) is 66.1 cm³/mol. The Balaban J connectivity index is 1.97. The van der Waals surface area contributed by atoms with Gasteiger partial charge in [-0.2, -0.15) is 0 Å². The highest BCUT2D eigenvalue weighted by Crippen LogP contribution is 2.27. The lowest BCUT2D eigenvalue weighted by molar-refractivity contribution is 0.256. The minimum absolute atomic E-state index is 0.180. The van der Waals surface area contributed by atoms with Crippen LogP contribution in [0.25, 0.3) is 0 Å². The minimum Gasteiger partial charge on any atom is -0.395 e. The van der Waals surface area contributed by atoms with E-state index >= 15 is 0 Å². The largest absolute Gasteiger partial charge is 0.395 e. The van der Waals surface area contributed by atoms with Crippen molar-refractivity contribution in [3.8, 4) is 0 Å². The molecule has 0 aliphatic heterocycles. The Morgan fingerprint density at radius 3 is 2.47 bits per heavy atom. The second kappa shape index (κ2) is 5.16. The van der Waals surface area contributed by atoms with Gasteiger partial charge in [-0.15, -0.1) is 0 Å². The Labute approximate surface area is 102 Å². The maximum atomic E-state index is 11.7. The van der Waals surface area contributed by atoms with E-state index in [4.69, 9.17) is 0 Å². The van der Waals surface area contributed by atoms with Crippen LogP contribution in [0.5, 0.6) is 0 Å². The highest BCUT2D eigenvalue weighted by atomic mass is 32.2. The molecule has 2 N–H and O–H groups in total. The molecule has 2 rings (SSSR count). The van der Waals surface area contributed by atoms with Crippen LogP contribution in [0.1, 0.15) is 18.4 Å². The number of aliphatic hydroxyl groups excluding tert-OH is 1. The molecule has 1 saturated carbocycles. The zero-order chi connectivity index (χ0) is 12.3. The van der Waals surface area contributed by atoms with E-state index in [1.165, 1.54) is 0 Å². The van der Waals surface area contributed by atoms with Gasteiger partial charge >= 0.3 is 0 Å². The van der Waals surface area contributed by atoms with Crippen LogP contribution in [-0.4, -0.2) is 31.4 Å². The number of nitrogens with one attached hydrogen (secondary N) is 1. The minimum atomic E-state index is -3.23. The summed E-state index contributed by atoms with van der Waals surface area (Å²) in [6.07, 6.45) is 1.99. The van der Waals surface area contributed by atoms with E-state index in [0.29, 0.717) is 6.42 Å². The summed E-state index contributed by atoms with van der Waals surface area (Å²) in [5.74, 6) is 0. The third-order valence-electron chi connectivity index (χ3n) is 2.84. The van der Waals surface area contributed by atoms with E-state index in [-0.39, 0.29) is 11.9 Å². The van der Waals surface area contributed by atoms with E-state index in [0.717, 1.165) is 18.4 Å². The van der Waals surface area contributed by atoms with Crippen LogP contribution in [0.15, 0.2) is 30.3 Å². The molecular formula is C12H17NO3S. The van der Waals surface area contributed by atoms with Gasteiger partial charge in [0.15, 0.2) is 0 Å². The average Bonchev–Trinajstić information content (AvgIpc) is 3.13. The summed E-state index contributed by atoms with van der Waals surface area (Å²) in [5.41, 5.74) is 1.02. The SMILES string of the molecule is O=S(=O)(NC(CO)Cc1ccccc1)C1CC1. The summed E-state index contributed by atoms with van der Waals surface area (Å²) in [6, 6.07) is 9.13. The molecule has 0 heterocycles. The number of hydrogen-bond acceptors (Lipinski definition) is 3. The van der Waals surface area contributed by atoms with Gasteiger partial charge < -0.3 is 5.11 Å². The maximum absolute atomic E-state index is 11.7.